The molecule has 3 amide bonds. The fraction of sp³-hybridized carbons (Fsp3) is 0.483. The zero-order valence-corrected chi connectivity index (χ0v) is 21.9. The van der Waals surface area contributed by atoms with Gasteiger partial charge in [-0.15, -0.1) is 0 Å². The van der Waals surface area contributed by atoms with Gasteiger partial charge in [-0.25, -0.2) is 0 Å². The van der Waals surface area contributed by atoms with Crippen LogP contribution in [-0.2, 0) is 33.6 Å². The van der Waals surface area contributed by atoms with Gasteiger partial charge < -0.3 is 32.7 Å². The Hall–Kier alpha value is -3.27. The summed E-state index contributed by atoms with van der Waals surface area (Å²) in [6.07, 6.45) is 5.71. The molecule has 0 unspecified atom stereocenters. The second kappa shape index (κ2) is 13.0. The molecule has 0 radical (unpaired) electrons. The molecule has 38 heavy (non-hydrogen) atoms. The van der Waals surface area contributed by atoms with Gasteiger partial charge in [-0.05, 0) is 86.7 Å². The monoisotopic (exact) mass is 520 g/mol. The lowest BCUT2D eigenvalue weighted by atomic mass is 10.0. The normalized spacial score (nSPS) is 20.0. The lowest BCUT2D eigenvalue weighted by molar-refractivity contribution is -0.137. The Morgan fingerprint density at radius 2 is 1.74 bits per heavy atom. The second-order valence-corrected chi connectivity index (χ2v) is 10.4. The van der Waals surface area contributed by atoms with E-state index in [1.807, 2.05) is 42.5 Å². The average molecular weight is 521 g/mol. The van der Waals surface area contributed by atoms with Crippen LogP contribution in [0.3, 0.4) is 0 Å². The molecule has 0 bridgehead atoms. The molecule has 0 saturated carbocycles. The van der Waals surface area contributed by atoms with Crippen LogP contribution in [0.4, 0.5) is 5.69 Å². The minimum absolute atomic E-state index is 0.204. The molecule has 0 aromatic heterocycles. The van der Waals surface area contributed by atoms with Crippen LogP contribution < -0.4 is 27.8 Å². The number of amides is 3. The third-order valence-corrected chi connectivity index (χ3v) is 7.56. The molecule has 2 aromatic rings. The van der Waals surface area contributed by atoms with Crippen molar-refractivity contribution in [2.24, 2.45) is 17.2 Å². The van der Waals surface area contributed by atoms with Crippen LogP contribution in [0.15, 0.2) is 48.5 Å². The summed E-state index contributed by atoms with van der Waals surface area (Å²) in [4.78, 5) is 41.1. The molecule has 8 N–H and O–H groups in total. The molecule has 1 saturated heterocycles. The number of aryl methyl sites for hydroxylation is 3. The van der Waals surface area contributed by atoms with E-state index in [9.17, 15) is 14.4 Å². The van der Waals surface area contributed by atoms with Crippen LogP contribution >= 0.6 is 0 Å². The highest BCUT2D eigenvalue weighted by Gasteiger charge is 2.41. The number of benzene rings is 2. The van der Waals surface area contributed by atoms with Gasteiger partial charge in [0.2, 0.25) is 17.7 Å². The minimum atomic E-state index is -0.758. The maximum absolute atomic E-state index is 13.5. The molecule has 4 rings (SSSR count). The van der Waals surface area contributed by atoms with Crippen molar-refractivity contribution in [1.29, 1.82) is 0 Å². The number of anilines is 1. The van der Waals surface area contributed by atoms with Crippen molar-refractivity contribution >= 4 is 23.4 Å². The minimum Gasteiger partial charge on any atom is -0.350 e. The Bertz CT molecular complexity index is 1120. The standard InChI is InChI=1S/C29H40N6O3/c30-15-5-10-24(31)27(36)34-23-17-26(28(37)33-22-13-12-20-8-4-9-21(20)16-22)35(18-23)29(38)25(32)14-11-19-6-2-1-3-7-19/h1-3,6-7,12-13,16,23-26H,4-5,8-11,14-15,17-18,30-32H2,(H,33,37)(H,34,36)/t23-,24+,25+,26+/m1/s1. The van der Waals surface area contributed by atoms with Crippen molar-refractivity contribution in [3.63, 3.8) is 0 Å². The zero-order chi connectivity index (χ0) is 27.1. The molecule has 2 aliphatic rings. The maximum Gasteiger partial charge on any atom is 0.247 e. The van der Waals surface area contributed by atoms with Crippen LogP contribution in [0, 0.1) is 0 Å². The van der Waals surface area contributed by atoms with E-state index < -0.39 is 24.2 Å². The number of carbonyl (C=O) groups is 3. The third-order valence-electron chi connectivity index (χ3n) is 7.56. The van der Waals surface area contributed by atoms with E-state index in [1.54, 1.807) is 0 Å². The largest absolute Gasteiger partial charge is 0.350 e. The summed E-state index contributed by atoms with van der Waals surface area (Å²) in [6, 6.07) is 13.2. The summed E-state index contributed by atoms with van der Waals surface area (Å²) in [5, 5.41) is 5.93. The third kappa shape index (κ3) is 6.98. The number of nitrogens with zero attached hydrogens (tertiary/aromatic N) is 1. The van der Waals surface area contributed by atoms with E-state index in [1.165, 1.54) is 16.0 Å². The molecule has 1 heterocycles. The molecule has 204 valence electrons. The summed E-state index contributed by atoms with van der Waals surface area (Å²) in [7, 11) is 0. The average Bonchev–Trinajstić information content (AvgIpc) is 3.57. The van der Waals surface area contributed by atoms with Crippen LogP contribution in [-0.4, -0.2) is 59.9 Å². The molecule has 1 fully saturated rings. The van der Waals surface area contributed by atoms with Gasteiger partial charge in [-0.2, -0.15) is 0 Å². The first-order chi connectivity index (χ1) is 18.4. The molecular weight excluding hydrogens is 480 g/mol. The molecule has 4 atom stereocenters. The lowest BCUT2D eigenvalue weighted by Crippen LogP contribution is -2.50. The molecular formula is C29H40N6O3. The van der Waals surface area contributed by atoms with Crippen LogP contribution in [0.2, 0.25) is 0 Å². The summed E-state index contributed by atoms with van der Waals surface area (Å²) >= 11 is 0. The lowest BCUT2D eigenvalue weighted by Gasteiger charge is -2.26. The predicted octanol–water partition coefficient (Wildman–Crippen LogP) is 1.23. The second-order valence-electron chi connectivity index (χ2n) is 10.4. The summed E-state index contributed by atoms with van der Waals surface area (Å²) < 4.78 is 0. The first kappa shape index (κ1) is 27.8. The van der Waals surface area contributed by atoms with E-state index in [-0.39, 0.29) is 24.3 Å². The molecule has 9 nitrogen and oxygen atoms in total. The topological polar surface area (TPSA) is 157 Å². The number of nitrogens with one attached hydrogen (secondary N) is 2. The maximum atomic E-state index is 13.5. The highest BCUT2D eigenvalue weighted by atomic mass is 16.2. The fourth-order valence-electron chi connectivity index (χ4n) is 5.39. The molecule has 1 aliphatic carbocycles. The number of likely N-dealkylation sites (tertiary alicyclic amines) is 1. The van der Waals surface area contributed by atoms with Gasteiger partial charge in [-0.3, -0.25) is 14.4 Å². The zero-order valence-electron chi connectivity index (χ0n) is 21.9. The fourth-order valence-corrected chi connectivity index (χ4v) is 5.39. The van der Waals surface area contributed by atoms with E-state index >= 15 is 0 Å². The van der Waals surface area contributed by atoms with E-state index in [2.05, 4.69) is 16.7 Å². The number of carbonyl (C=O) groups excluding carboxylic acids is 3. The van der Waals surface area contributed by atoms with Crippen LogP contribution in [0.1, 0.15) is 48.8 Å². The van der Waals surface area contributed by atoms with Gasteiger partial charge in [0, 0.05) is 18.3 Å². The van der Waals surface area contributed by atoms with Crippen molar-refractivity contribution in [3.05, 3.63) is 65.2 Å². The van der Waals surface area contributed by atoms with Crippen molar-refractivity contribution in [3.8, 4) is 0 Å². The number of hydrogen-bond donors (Lipinski definition) is 5. The van der Waals surface area contributed by atoms with Gasteiger partial charge in [0.15, 0.2) is 0 Å². The molecule has 1 aliphatic heterocycles. The van der Waals surface area contributed by atoms with Gasteiger partial charge >= 0.3 is 0 Å². The first-order valence-corrected chi connectivity index (χ1v) is 13.6. The Morgan fingerprint density at radius 3 is 2.50 bits per heavy atom. The Balaban J connectivity index is 1.44. The SMILES string of the molecule is NCCC[C@H](N)C(=O)N[C@@H]1C[C@@H](C(=O)Nc2ccc3c(c2)CCC3)N(C(=O)[C@@H](N)CCc2ccccc2)C1. The Morgan fingerprint density at radius 1 is 0.974 bits per heavy atom. The summed E-state index contributed by atoms with van der Waals surface area (Å²) in [5.74, 6) is -0.876. The van der Waals surface area contributed by atoms with Crippen molar-refractivity contribution in [1.82, 2.24) is 10.2 Å². The quantitative estimate of drug-likeness (QED) is 0.300. The number of hydrogen-bond acceptors (Lipinski definition) is 6. The number of nitrogens with two attached hydrogens (primary N) is 3. The molecule has 2 aromatic carbocycles. The van der Waals surface area contributed by atoms with Gasteiger partial charge in [0.1, 0.15) is 6.04 Å². The number of fused-ring (bicyclic) bond motifs is 1. The van der Waals surface area contributed by atoms with E-state index in [0.29, 0.717) is 44.3 Å². The summed E-state index contributed by atoms with van der Waals surface area (Å²) in [6.45, 7) is 0.661. The van der Waals surface area contributed by atoms with Crippen LogP contribution in [0.25, 0.3) is 0 Å². The van der Waals surface area contributed by atoms with Gasteiger partial charge in [-0.1, -0.05) is 36.4 Å². The van der Waals surface area contributed by atoms with Gasteiger partial charge in [0.05, 0.1) is 12.1 Å². The highest BCUT2D eigenvalue weighted by molar-refractivity contribution is 5.98. The summed E-state index contributed by atoms with van der Waals surface area (Å²) in [5.41, 5.74) is 22.3. The van der Waals surface area contributed by atoms with Crippen LogP contribution in [0.5, 0.6) is 0 Å². The predicted molar refractivity (Wildman–Crippen MR) is 148 cm³/mol. The Labute approximate surface area is 224 Å². The Kier molecular flexibility index (Phi) is 9.49. The van der Waals surface area contributed by atoms with E-state index in [0.717, 1.165) is 24.8 Å². The number of rotatable bonds is 11. The van der Waals surface area contributed by atoms with Gasteiger partial charge in [0.25, 0.3) is 0 Å². The van der Waals surface area contributed by atoms with Crippen molar-refractivity contribution in [2.75, 3.05) is 18.4 Å². The highest BCUT2D eigenvalue weighted by Crippen LogP contribution is 2.26. The first-order valence-electron chi connectivity index (χ1n) is 13.6. The van der Waals surface area contributed by atoms with E-state index in [4.69, 9.17) is 17.2 Å². The molecule has 0 spiro atoms. The van der Waals surface area contributed by atoms with Crippen molar-refractivity contribution < 1.29 is 14.4 Å². The van der Waals surface area contributed by atoms with Crippen molar-refractivity contribution in [2.45, 2.75) is 75.5 Å². The smallest absolute Gasteiger partial charge is 0.247 e. The molecule has 9 heteroatoms.